The molecule has 0 fully saturated rings. The van der Waals surface area contributed by atoms with Crippen LogP contribution in [-0.2, 0) is 9.53 Å². The topological polar surface area (TPSA) is 47.6 Å². The molecule has 4 heteroatoms. The molecule has 1 amide bonds. The van der Waals surface area contributed by atoms with E-state index in [1.807, 2.05) is 32.9 Å². The predicted molar refractivity (Wildman–Crippen MR) is 75.5 cm³/mol. The lowest BCUT2D eigenvalue weighted by molar-refractivity contribution is -0.122. The Morgan fingerprint density at radius 3 is 2.74 bits per heavy atom. The van der Waals surface area contributed by atoms with Crippen LogP contribution in [0.4, 0.5) is 0 Å². The summed E-state index contributed by atoms with van der Waals surface area (Å²) in [5, 5.41) is 2.85. The third-order valence-electron chi connectivity index (χ3n) is 2.74. The Hall–Kier alpha value is -1.55. The monoisotopic (exact) mass is 265 g/mol. The van der Waals surface area contributed by atoms with E-state index in [4.69, 9.17) is 9.47 Å². The van der Waals surface area contributed by atoms with Gasteiger partial charge in [-0.2, -0.15) is 0 Å². The van der Waals surface area contributed by atoms with Crippen molar-refractivity contribution in [3.63, 3.8) is 0 Å². The van der Waals surface area contributed by atoms with Crippen LogP contribution in [0.5, 0.6) is 5.75 Å². The minimum Gasteiger partial charge on any atom is -0.493 e. The quantitative estimate of drug-likeness (QED) is 0.822. The first kappa shape index (κ1) is 15.5. The van der Waals surface area contributed by atoms with Crippen LogP contribution in [0.25, 0.3) is 0 Å². The van der Waals surface area contributed by atoms with Gasteiger partial charge >= 0.3 is 0 Å². The second kappa shape index (κ2) is 7.79. The Kier molecular flexibility index (Phi) is 6.36. The number of hydrogen-bond donors (Lipinski definition) is 1. The zero-order chi connectivity index (χ0) is 14.3. The van der Waals surface area contributed by atoms with Crippen LogP contribution in [0, 0.1) is 13.8 Å². The Morgan fingerprint density at radius 2 is 2.11 bits per heavy atom. The van der Waals surface area contributed by atoms with Crippen molar-refractivity contribution in [3.05, 3.63) is 29.3 Å². The van der Waals surface area contributed by atoms with E-state index in [1.165, 1.54) is 5.56 Å². The second-order valence-corrected chi connectivity index (χ2v) is 4.79. The first-order chi connectivity index (χ1) is 9.02. The van der Waals surface area contributed by atoms with Gasteiger partial charge in [0.2, 0.25) is 5.91 Å². The maximum atomic E-state index is 11.6. The molecule has 0 aliphatic rings. The number of ether oxygens (including phenoxy) is 2. The molecule has 0 heterocycles. The van der Waals surface area contributed by atoms with E-state index in [0.29, 0.717) is 19.6 Å². The summed E-state index contributed by atoms with van der Waals surface area (Å²) in [6.45, 7) is 6.86. The number of rotatable bonds is 7. The molecule has 0 radical (unpaired) electrons. The van der Waals surface area contributed by atoms with E-state index in [9.17, 15) is 4.79 Å². The van der Waals surface area contributed by atoms with Crippen LogP contribution in [0.1, 0.15) is 24.5 Å². The van der Waals surface area contributed by atoms with Gasteiger partial charge in [-0.15, -0.1) is 0 Å². The lowest BCUT2D eigenvalue weighted by Crippen LogP contribution is -2.36. The molecule has 0 saturated carbocycles. The minimum absolute atomic E-state index is 0.0192. The van der Waals surface area contributed by atoms with Crippen molar-refractivity contribution in [2.75, 3.05) is 20.3 Å². The smallest absolute Gasteiger partial charge is 0.223 e. The molecule has 0 unspecified atom stereocenters. The number of hydrogen-bond acceptors (Lipinski definition) is 3. The third-order valence-corrected chi connectivity index (χ3v) is 2.74. The normalized spacial score (nSPS) is 12.0. The van der Waals surface area contributed by atoms with Gasteiger partial charge in [-0.05, 0) is 32.4 Å². The molecule has 1 rings (SSSR count). The Balaban J connectivity index is 2.31. The van der Waals surface area contributed by atoms with Crippen LogP contribution < -0.4 is 10.1 Å². The average molecular weight is 265 g/mol. The molecule has 0 spiro atoms. The second-order valence-electron chi connectivity index (χ2n) is 4.79. The molecule has 4 nitrogen and oxygen atoms in total. The van der Waals surface area contributed by atoms with Crippen molar-refractivity contribution < 1.29 is 14.3 Å². The standard InChI is InChI=1S/C15H23NO3/c1-11-5-6-14(12(2)9-11)19-8-7-15(17)16-13(3)10-18-4/h5-6,9,13H,7-8,10H2,1-4H3,(H,16,17)/t13-/m1/s1. The van der Waals surface area contributed by atoms with Crippen LogP contribution in [0.3, 0.4) is 0 Å². The van der Waals surface area contributed by atoms with Gasteiger partial charge in [-0.3, -0.25) is 4.79 Å². The highest BCUT2D eigenvalue weighted by atomic mass is 16.5. The van der Waals surface area contributed by atoms with Gasteiger partial charge in [-0.1, -0.05) is 17.7 Å². The van der Waals surface area contributed by atoms with E-state index < -0.39 is 0 Å². The fourth-order valence-electron chi connectivity index (χ4n) is 1.85. The number of carbonyl (C=O) groups excluding carboxylic acids is 1. The summed E-state index contributed by atoms with van der Waals surface area (Å²) in [7, 11) is 1.62. The summed E-state index contributed by atoms with van der Waals surface area (Å²) in [4.78, 5) is 11.6. The van der Waals surface area contributed by atoms with E-state index >= 15 is 0 Å². The highest BCUT2D eigenvalue weighted by molar-refractivity contribution is 5.76. The number of nitrogens with one attached hydrogen (secondary N) is 1. The van der Waals surface area contributed by atoms with Crippen molar-refractivity contribution in [1.29, 1.82) is 0 Å². The zero-order valence-corrected chi connectivity index (χ0v) is 12.2. The molecule has 0 saturated heterocycles. The van der Waals surface area contributed by atoms with Crippen molar-refractivity contribution >= 4 is 5.91 Å². The Morgan fingerprint density at radius 1 is 1.37 bits per heavy atom. The minimum atomic E-state index is -0.0192. The summed E-state index contributed by atoms with van der Waals surface area (Å²) < 4.78 is 10.6. The summed E-state index contributed by atoms with van der Waals surface area (Å²) in [5.74, 6) is 0.817. The number of benzene rings is 1. The Labute approximate surface area is 115 Å². The van der Waals surface area contributed by atoms with Crippen molar-refractivity contribution in [3.8, 4) is 5.75 Å². The number of amides is 1. The maximum Gasteiger partial charge on any atom is 0.223 e. The van der Waals surface area contributed by atoms with Crippen LogP contribution in [0.2, 0.25) is 0 Å². The van der Waals surface area contributed by atoms with Gasteiger partial charge in [-0.25, -0.2) is 0 Å². The maximum absolute atomic E-state index is 11.6. The number of carbonyl (C=O) groups is 1. The molecule has 1 aromatic carbocycles. The largest absolute Gasteiger partial charge is 0.493 e. The van der Waals surface area contributed by atoms with Gasteiger partial charge in [0.05, 0.1) is 19.6 Å². The van der Waals surface area contributed by atoms with Crippen LogP contribution in [0.15, 0.2) is 18.2 Å². The average Bonchev–Trinajstić information content (AvgIpc) is 2.32. The zero-order valence-electron chi connectivity index (χ0n) is 12.2. The highest BCUT2D eigenvalue weighted by Crippen LogP contribution is 2.18. The van der Waals surface area contributed by atoms with E-state index in [1.54, 1.807) is 7.11 Å². The van der Waals surface area contributed by atoms with E-state index in [-0.39, 0.29) is 11.9 Å². The summed E-state index contributed by atoms with van der Waals surface area (Å²) in [5.41, 5.74) is 2.30. The third kappa shape index (κ3) is 5.75. The van der Waals surface area contributed by atoms with Gasteiger partial charge in [0.15, 0.2) is 0 Å². The SMILES string of the molecule is COC[C@@H](C)NC(=O)CCOc1ccc(C)cc1C. The van der Waals surface area contributed by atoms with Crippen molar-refractivity contribution in [1.82, 2.24) is 5.32 Å². The lowest BCUT2D eigenvalue weighted by atomic mass is 10.1. The van der Waals surface area contributed by atoms with Crippen LogP contribution in [-0.4, -0.2) is 32.3 Å². The summed E-state index contributed by atoms with van der Waals surface area (Å²) >= 11 is 0. The van der Waals surface area contributed by atoms with Crippen molar-refractivity contribution in [2.24, 2.45) is 0 Å². The van der Waals surface area contributed by atoms with Crippen LogP contribution >= 0.6 is 0 Å². The fraction of sp³-hybridized carbons (Fsp3) is 0.533. The van der Waals surface area contributed by atoms with Crippen molar-refractivity contribution in [2.45, 2.75) is 33.2 Å². The Bertz CT molecular complexity index is 418. The summed E-state index contributed by atoms with van der Waals surface area (Å²) in [6.07, 6.45) is 0.349. The molecular weight excluding hydrogens is 242 g/mol. The van der Waals surface area contributed by atoms with Gasteiger partial charge in [0.1, 0.15) is 5.75 Å². The molecule has 1 N–H and O–H groups in total. The van der Waals surface area contributed by atoms with Gasteiger partial charge in [0, 0.05) is 13.2 Å². The molecule has 1 aromatic rings. The first-order valence-corrected chi connectivity index (χ1v) is 6.51. The highest BCUT2D eigenvalue weighted by Gasteiger charge is 2.07. The molecule has 0 bridgehead atoms. The van der Waals surface area contributed by atoms with E-state index in [0.717, 1.165) is 11.3 Å². The molecule has 0 aliphatic carbocycles. The van der Waals surface area contributed by atoms with E-state index in [2.05, 4.69) is 11.4 Å². The van der Waals surface area contributed by atoms with Gasteiger partial charge in [0.25, 0.3) is 0 Å². The molecule has 0 aliphatic heterocycles. The number of methoxy groups -OCH3 is 1. The predicted octanol–water partition coefficient (Wildman–Crippen LogP) is 2.22. The van der Waals surface area contributed by atoms with Gasteiger partial charge < -0.3 is 14.8 Å². The molecule has 106 valence electrons. The molecule has 0 aromatic heterocycles. The molecule has 1 atom stereocenters. The number of aryl methyl sites for hydroxylation is 2. The molecule has 19 heavy (non-hydrogen) atoms. The molecular formula is C15H23NO3. The lowest BCUT2D eigenvalue weighted by Gasteiger charge is -2.13. The summed E-state index contributed by atoms with van der Waals surface area (Å²) in [6, 6.07) is 6.04. The fourth-order valence-corrected chi connectivity index (χ4v) is 1.85. The first-order valence-electron chi connectivity index (χ1n) is 6.51.